The molecule has 0 saturated carbocycles. The lowest BCUT2D eigenvalue weighted by Crippen LogP contribution is -2.49. The second kappa shape index (κ2) is 5.37. The molecule has 0 bridgehead atoms. The van der Waals surface area contributed by atoms with Crippen LogP contribution in [0.15, 0.2) is 18.3 Å². The van der Waals surface area contributed by atoms with Crippen molar-refractivity contribution in [2.24, 2.45) is 0 Å². The first-order chi connectivity index (χ1) is 9.25. The maximum atomic E-state index is 12.7. The van der Waals surface area contributed by atoms with E-state index < -0.39 is 0 Å². The molecule has 1 saturated heterocycles. The van der Waals surface area contributed by atoms with Crippen LogP contribution in [0.25, 0.3) is 0 Å². The third kappa shape index (κ3) is 2.54. The van der Waals surface area contributed by atoms with Gasteiger partial charge < -0.3 is 9.47 Å². The van der Waals surface area contributed by atoms with Gasteiger partial charge in [0.05, 0.1) is 12.6 Å². The summed E-state index contributed by atoms with van der Waals surface area (Å²) in [6.07, 6.45) is 6.80. The van der Waals surface area contributed by atoms with Crippen molar-refractivity contribution >= 4 is 5.91 Å². The van der Waals surface area contributed by atoms with Crippen molar-refractivity contribution in [3.05, 3.63) is 24.0 Å². The molecule has 0 aliphatic carbocycles. The fourth-order valence-corrected chi connectivity index (χ4v) is 3.28. The third-order valence-corrected chi connectivity index (χ3v) is 4.50. The van der Waals surface area contributed by atoms with E-state index in [2.05, 4.69) is 34.8 Å². The summed E-state index contributed by atoms with van der Waals surface area (Å²) in [7, 11) is 2.10. The van der Waals surface area contributed by atoms with Crippen LogP contribution in [0.1, 0.15) is 31.4 Å². The van der Waals surface area contributed by atoms with Gasteiger partial charge in [0.25, 0.3) is 0 Å². The Bertz CT molecular complexity index is 454. The molecular formula is C15H23N3O. The first-order valence-corrected chi connectivity index (χ1v) is 7.39. The van der Waals surface area contributed by atoms with E-state index in [4.69, 9.17) is 0 Å². The highest BCUT2D eigenvalue weighted by molar-refractivity contribution is 5.82. The molecule has 4 nitrogen and oxygen atoms in total. The molecule has 4 heteroatoms. The number of fused-ring (bicyclic) bond motifs is 1. The summed E-state index contributed by atoms with van der Waals surface area (Å²) in [5.41, 5.74) is 1.26. The molecule has 1 aromatic rings. The van der Waals surface area contributed by atoms with Gasteiger partial charge in [-0.05, 0) is 38.6 Å². The topological polar surface area (TPSA) is 28.5 Å². The lowest BCUT2D eigenvalue weighted by molar-refractivity contribution is -0.138. The largest absolute Gasteiger partial charge is 0.348 e. The Hall–Kier alpha value is -1.29. The van der Waals surface area contributed by atoms with Crippen LogP contribution in [-0.2, 0) is 17.9 Å². The molecule has 1 fully saturated rings. The molecule has 3 heterocycles. The Morgan fingerprint density at radius 1 is 1.21 bits per heavy atom. The molecule has 104 valence electrons. The lowest BCUT2D eigenvalue weighted by atomic mass is 10.1. The van der Waals surface area contributed by atoms with Crippen LogP contribution in [0.2, 0.25) is 0 Å². The third-order valence-electron chi connectivity index (χ3n) is 4.50. The molecule has 19 heavy (non-hydrogen) atoms. The summed E-state index contributed by atoms with van der Waals surface area (Å²) in [4.78, 5) is 17.0. The SMILES string of the molecule is CN1CCCCC[C@@H]1C(=O)N1CCn2cccc2C1. The molecule has 2 aliphatic heterocycles. The second-order valence-electron chi connectivity index (χ2n) is 5.80. The monoisotopic (exact) mass is 261 g/mol. The van der Waals surface area contributed by atoms with Gasteiger partial charge >= 0.3 is 0 Å². The molecule has 0 radical (unpaired) electrons. The van der Waals surface area contributed by atoms with E-state index in [1.807, 2.05) is 4.90 Å². The van der Waals surface area contributed by atoms with Crippen LogP contribution < -0.4 is 0 Å². The van der Waals surface area contributed by atoms with Crippen molar-refractivity contribution in [2.45, 2.75) is 44.8 Å². The summed E-state index contributed by atoms with van der Waals surface area (Å²) < 4.78 is 2.25. The maximum Gasteiger partial charge on any atom is 0.240 e. The molecule has 1 aromatic heterocycles. The minimum absolute atomic E-state index is 0.101. The van der Waals surface area contributed by atoms with Gasteiger partial charge in [0.15, 0.2) is 0 Å². The van der Waals surface area contributed by atoms with Crippen molar-refractivity contribution in [2.75, 3.05) is 20.1 Å². The van der Waals surface area contributed by atoms with Crippen LogP contribution in [-0.4, -0.2) is 46.5 Å². The Balaban J connectivity index is 1.70. The number of likely N-dealkylation sites (N-methyl/N-ethyl adjacent to an activating group) is 1. The van der Waals surface area contributed by atoms with E-state index in [0.717, 1.165) is 32.6 Å². The van der Waals surface area contributed by atoms with Crippen LogP contribution in [0.4, 0.5) is 0 Å². The van der Waals surface area contributed by atoms with Gasteiger partial charge in [-0.1, -0.05) is 12.8 Å². The highest BCUT2D eigenvalue weighted by Crippen LogP contribution is 2.20. The second-order valence-corrected chi connectivity index (χ2v) is 5.80. The average Bonchev–Trinajstić information content (AvgIpc) is 2.79. The fourth-order valence-electron chi connectivity index (χ4n) is 3.28. The molecule has 0 N–H and O–H groups in total. The normalized spacial score (nSPS) is 24.9. The predicted octanol–water partition coefficient (Wildman–Crippen LogP) is 1.70. The Kier molecular flexibility index (Phi) is 3.60. The number of carbonyl (C=O) groups is 1. The minimum Gasteiger partial charge on any atom is -0.348 e. The summed E-state index contributed by atoms with van der Waals surface area (Å²) >= 11 is 0. The molecule has 0 aromatic carbocycles. The maximum absolute atomic E-state index is 12.7. The van der Waals surface area contributed by atoms with E-state index in [1.54, 1.807) is 0 Å². The zero-order chi connectivity index (χ0) is 13.2. The van der Waals surface area contributed by atoms with Crippen molar-refractivity contribution in [3.63, 3.8) is 0 Å². The number of aromatic nitrogens is 1. The molecule has 1 atom stereocenters. The van der Waals surface area contributed by atoms with Crippen molar-refractivity contribution in [1.29, 1.82) is 0 Å². The smallest absolute Gasteiger partial charge is 0.240 e. The van der Waals surface area contributed by atoms with Gasteiger partial charge in [-0.2, -0.15) is 0 Å². The van der Waals surface area contributed by atoms with Gasteiger partial charge in [0.2, 0.25) is 5.91 Å². The number of hydrogen-bond acceptors (Lipinski definition) is 2. The van der Waals surface area contributed by atoms with Gasteiger partial charge in [0, 0.05) is 25.0 Å². The molecule has 3 rings (SSSR count). The van der Waals surface area contributed by atoms with E-state index in [-0.39, 0.29) is 6.04 Å². The van der Waals surface area contributed by atoms with Gasteiger partial charge in [-0.25, -0.2) is 0 Å². The average molecular weight is 261 g/mol. The van der Waals surface area contributed by atoms with Crippen LogP contribution in [0.5, 0.6) is 0 Å². The molecular weight excluding hydrogens is 238 g/mol. The van der Waals surface area contributed by atoms with E-state index in [0.29, 0.717) is 5.91 Å². The van der Waals surface area contributed by atoms with Crippen molar-refractivity contribution < 1.29 is 4.79 Å². The van der Waals surface area contributed by atoms with E-state index >= 15 is 0 Å². The number of likely N-dealkylation sites (tertiary alicyclic amines) is 1. The first-order valence-electron chi connectivity index (χ1n) is 7.39. The van der Waals surface area contributed by atoms with Gasteiger partial charge in [-0.3, -0.25) is 9.69 Å². The Morgan fingerprint density at radius 2 is 2.11 bits per heavy atom. The number of amides is 1. The van der Waals surface area contributed by atoms with Gasteiger partial charge in [0.1, 0.15) is 0 Å². The van der Waals surface area contributed by atoms with Crippen molar-refractivity contribution in [3.8, 4) is 0 Å². The Morgan fingerprint density at radius 3 is 3.00 bits per heavy atom. The standard InChI is InChI=1S/C15H23N3O/c1-16-8-4-2-3-7-14(16)15(19)18-11-10-17-9-5-6-13(17)12-18/h5-6,9,14H,2-4,7-8,10-12H2,1H3/t14-/m1/s1. The summed E-state index contributed by atoms with van der Waals surface area (Å²) in [6, 6.07) is 4.29. The number of carbonyl (C=O) groups excluding carboxylic acids is 1. The zero-order valence-electron chi connectivity index (χ0n) is 11.7. The minimum atomic E-state index is 0.101. The van der Waals surface area contributed by atoms with Gasteiger partial charge in [-0.15, -0.1) is 0 Å². The first kappa shape index (κ1) is 12.7. The van der Waals surface area contributed by atoms with E-state index in [1.165, 1.54) is 25.0 Å². The van der Waals surface area contributed by atoms with Crippen molar-refractivity contribution in [1.82, 2.24) is 14.4 Å². The van der Waals surface area contributed by atoms with Crippen LogP contribution in [0, 0.1) is 0 Å². The summed E-state index contributed by atoms with van der Waals surface area (Å²) in [6.45, 7) is 3.62. The zero-order valence-corrected chi connectivity index (χ0v) is 11.7. The molecule has 0 unspecified atom stereocenters. The lowest BCUT2D eigenvalue weighted by Gasteiger charge is -2.34. The predicted molar refractivity (Wildman–Crippen MR) is 74.7 cm³/mol. The fraction of sp³-hybridized carbons (Fsp3) is 0.667. The van der Waals surface area contributed by atoms with E-state index in [9.17, 15) is 4.79 Å². The summed E-state index contributed by atoms with van der Waals surface area (Å²) in [5, 5.41) is 0. The highest BCUT2D eigenvalue weighted by Gasteiger charge is 2.30. The number of rotatable bonds is 1. The summed E-state index contributed by atoms with van der Waals surface area (Å²) in [5.74, 6) is 0.330. The molecule has 1 amide bonds. The molecule has 0 spiro atoms. The number of hydrogen-bond donors (Lipinski definition) is 0. The number of nitrogens with zero attached hydrogens (tertiary/aromatic N) is 3. The Labute approximate surface area is 115 Å². The molecule has 2 aliphatic rings. The van der Waals surface area contributed by atoms with Crippen LogP contribution in [0.3, 0.4) is 0 Å². The quantitative estimate of drug-likeness (QED) is 0.770. The van der Waals surface area contributed by atoms with Crippen LogP contribution >= 0.6 is 0 Å². The highest BCUT2D eigenvalue weighted by atomic mass is 16.2.